The van der Waals surface area contributed by atoms with Gasteiger partial charge in [-0.2, -0.15) is 0 Å². The van der Waals surface area contributed by atoms with Gasteiger partial charge in [0.1, 0.15) is 6.04 Å². The summed E-state index contributed by atoms with van der Waals surface area (Å²) in [6.07, 6.45) is 1.50. The van der Waals surface area contributed by atoms with Gasteiger partial charge in [-0.1, -0.05) is 45.7 Å². The Morgan fingerprint density at radius 1 is 1.11 bits per heavy atom. The molecule has 2 rings (SSSR count). The fourth-order valence-corrected chi connectivity index (χ4v) is 5.28. The molecule has 0 radical (unpaired) electrons. The maximum absolute atomic E-state index is 13.3. The number of amides is 2. The zero-order chi connectivity index (χ0) is 26.3. The van der Waals surface area contributed by atoms with Crippen molar-refractivity contribution in [2.24, 2.45) is 0 Å². The number of benzene rings is 2. The van der Waals surface area contributed by atoms with E-state index in [0.717, 1.165) is 21.9 Å². The van der Waals surface area contributed by atoms with E-state index in [1.807, 2.05) is 45.0 Å². The van der Waals surface area contributed by atoms with Crippen molar-refractivity contribution in [2.45, 2.75) is 59.2 Å². The van der Waals surface area contributed by atoms with Gasteiger partial charge in [0, 0.05) is 35.0 Å². The molecule has 10 heteroatoms. The lowest BCUT2D eigenvalue weighted by atomic mass is 10.1. The second-order valence-electron chi connectivity index (χ2n) is 8.86. The number of rotatable bonds is 11. The van der Waals surface area contributed by atoms with Gasteiger partial charge >= 0.3 is 0 Å². The fraction of sp³-hybridized carbons (Fsp3) is 0.440. The van der Waals surface area contributed by atoms with Crippen molar-refractivity contribution in [3.63, 3.8) is 0 Å². The molecule has 1 N–H and O–H groups in total. The van der Waals surface area contributed by atoms with Crippen molar-refractivity contribution in [2.75, 3.05) is 17.1 Å². The van der Waals surface area contributed by atoms with E-state index >= 15 is 0 Å². The third-order valence-electron chi connectivity index (χ3n) is 5.43. The maximum atomic E-state index is 13.3. The Morgan fingerprint density at radius 2 is 1.80 bits per heavy atom. The van der Waals surface area contributed by atoms with Crippen LogP contribution in [0.1, 0.15) is 44.7 Å². The summed E-state index contributed by atoms with van der Waals surface area (Å²) in [6.45, 7) is 7.61. The molecule has 0 bridgehead atoms. The highest BCUT2D eigenvalue weighted by molar-refractivity contribution is 9.10. The average molecular weight is 587 g/mol. The van der Waals surface area contributed by atoms with Crippen molar-refractivity contribution >= 4 is 55.1 Å². The first-order valence-electron chi connectivity index (χ1n) is 11.4. The molecule has 0 aliphatic rings. The zero-order valence-corrected chi connectivity index (χ0v) is 23.9. The van der Waals surface area contributed by atoms with Crippen molar-refractivity contribution in [3.8, 4) is 0 Å². The minimum Gasteiger partial charge on any atom is -0.352 e. The van der Waals surface area contributed by atoms with E-state index in [9.17, 15) is 18.0 Å². The highest BCUT2D eigenvalue weighted by atomic mass is 79.9. The van der Waals surface area contributed by atoms with Gasteiger partial charge in [-0.3, -0.25) is 13.9 Å². The summed E-state index contributed by atoms with van der Waals surface area (Å²) < 4.78 is 27.2. The first-order valence-corrected chi connectivity index (χ1v) is 14.4. The van der Waals surface area contributed by atoms with Gasteiger partial charge in [0.25, 0.3) is 0 Å². The Balaban J connectivity index is 2.21. The summed E-state index contributed by atoms with van der Waals surface area (Å²) in [6, 6.07) is 11.9. The summed E-state index contributed by atoms with van der Waals surface area (Å²) in [5.41, 5.74) is 2.13. The third kappa shape index (κ3) is 8.81. The standard InChI is InChI=1S/C25H33BrClN3O4S/c1-17(2)28-25(32)19(4)29(16-20-8-6-9-21(26)14-20)24(31)10-7-13-30(35(5,33)34)23-15-22(27)12-11-18(23)3/h6,8-9,11-12,14-15,17,19H,7,10,13,16H2,1-5H3,(H,28,32)/t19-/m0/s1. The highest BCUT2D eigenvalue weighted by Crippen LogP contribution is 2.27. The fourth-order valence-electron chi connectivity index (χ4n) is 3.65. The third-order valence-corrected chi connectivity index (χ3v) is 7.34. The number of hydrogen-bond donors (Lipinski definition) is 1. The average Bonchev–Trinajstić information content (AvgIpc) is 2.75. The molecule has 2 amide bonds. The first kappa shape index (κ1) is 29.1. The number of halogens is 2. The first-order chi connectivity index (χ1) is 16.3. The molecule has 1 atom stereocenters. The molecule has 0 heterocycles. The summed E-state index contributed by atoms with van der Waals surface area (Å²) in [7, 11) is -3.59. The molecule has 2 aromatic rings. The molecule has 7 nitrogen and oxygen atoms in total. The van der Waals surface area contributed by atoms with Crippen LogP contribution in [0.25, 0.3) is 0 Å². The predicted octanol–water partition coefficient (Wildman–Crippen LogP) is 4.90. The summed E-state index contributed by atoms with van der Waals surface area (Å²) >= 11 is 9.54. The Labute approximate surface area is 222 Å². The van der Waals surface area contributed by atoms with Gasteiger partial charge < -0.3 is 10.2 Å². The van der Waals surface area contributed by atoms with Crippen LogP contribution in [0.2, 0.25) is 5.02 Å². The predicted molar refractivity (Wildman–Crippen MR) is 145 cm³/mol. The molecule has 0 spiro atoms. The highest BCUT2D eigenvalue weighted by Gasteiger charge is 2.27. The number of sulfonamides is 1. The van der Waals surface area contributed by atoms with E-state index in [2.05, 4.69) is 21.2 Å². The monoisotopic (exact) mass is 585 g/mol. The Bertz CT molecular complexity index is 1160. The number of anilines is 1. The quantitative estimate of drug-likeness (QED) is 0.406. The molecule has 0 saturated carbocycles. The zero-order valence-electron chi connectivity index (χ0n) is 20.7. The Kier molecular flexibility index (Phi) is 10.6. The molecular weight excluding hydrogens is 554 g/mol. The van der Waals surface area contributed by atoms with Gasteiger partial charge in [0.2, 0.25) is 21.8 Å². The molecule has 0 unspecified atom stereocenters. The lowest BCUT2D eigenvalue weighted by molar-refractivity contribution is -0.140. The second-order valence-corrected chi connectivity index (χ2v) is 12.1. The molecule has 192 valence electrons. The lowest BCUT2D eigenvalue weighted by Crippen LogP contribution is -2.49. The maximum Gasteiger partial charge on any atom is 0.242 e. The molecule has 0 fully saturated rings. The van der Waals surface area contributed by atoms with Gasteiger partial charge in [-0.15, -0.1) is 0 Å². The van der Waals surface area contributed by atoms with Crippen LogP contribution in [-0.2, 0) is 26.2 Å². The normalized spacial score (nSPS) is 12.3. The summed E-state index contributed by atoms with van der Waals surface area (Å²) in [5, 5.41) is 3.29. The van der Waals surface area contributed by atoms with Crippen molar-refractivity contribution in [1.29, 1.82) is 0 Å². The number of carbonyl (C=O) groups excluding carboxylic acids is 2. The number of carbonyl (C=O) groups is 2. The molecule has 0 aliphatic carbocycles. The molecule has 0 saturated heterocycles. The number of aryl methyl sites for hydroxylation is 1. The minimum absolute atomic E-state index is 0.0583. The number of nitrogens with one attached hydrogen (secondary N) is 1. The second kappa shape index (κ2) is 12.7. The number of nitrogens with zero attached hydrogens (tertiary/aromatic N) is 2. The molecule has 35 heavy (non-hydrogen) atoms. The summed E-state index contributed by atoms with van der Waals surface area (Å²) in [4.78, 5) is 27.5. The lowest BCUT2D eigenvalue weighted by Gasteiger charge is -2.30. The largest absolute Gasteiger partial charge is 0.352 e. The van der Waals surface area contributed by atoms with Crippen LogP contribution < -0.4 is 9.62 Å². The topological polar surface area (TPSA) is 86.8 Å². The molecular formula is C25H33BrClN3O4S. The van der Waals surface area contributed by atoms with Crippen LogP contribution in [0, 0.1) is 6.92 Å². The van der Waals surface area contributed by atoms with Gasteiger partial charge in [0.05, 0.1) is 11.9 Å². The Hall–Kier alpha value is -2.10. The van der Waals surface area contributed by atoms with Crippen LogP contribution in [0.15, 0.2) is 46.9 Å². The minimum atomic E-state index is -3.59. The van der Waals surface area contributed by atoms with E-state index in [0.29, 0.717) is 10.7 Å². The van der Waals surface area contributed by atoms with Gasteiger partial charge in [0.15, 0.2) is 0 Å². The van der Waals surface area contributed by atoms with E-state index in [4.69, 9.17) is 11.6 Å². The van der Waals surface area contributed by atoms with Gasteiger partial charge in [-0.25, -0.2) is 8.42 Å². The van der Waals surface area contributed by atoms with Crippen LogP contribution >= 0.6 is 27.5 Å². The van der Waals surface area contributed by atoms with E-state index in [1.54, 1.807) is 25.1 Å². The number of hydrogen-bond acceptors (Lipinski definition) is 4. The van der Waals surface area contributed by atoms with E-state index in [1.165, 1.54) is 9.21 Å². The summed E-state index contributed by atoms with van der Waals surface area (Å²) in [5.74, 6) is -0.469. The SMILES string of the molecule is Cc1ccc(Cl)cc1N(CCCC(=O)N(Cc1cccc(Br)c1)[C@@H](C)C(=O)NC(C)C)S(C)(=O)=O. The molecule has 2 aromatic carbocycles. The molecule has 0 aliphatic heterocycles. The van der Waals surface area contributed by atoms with E-state index < -0.39 is 16.1 Å². The van der Waals surface area contributed by atoms with Crippen molar-refractivity contribution in [3.05, 3.63) is 63.1 Å². The van der Waals surface area contributed by atoms with Crippen LogP contribution in [0.5, 0.6) is 0 Å². The van der Waals surface area contributed by atoms with Crippen LogP contribution in [-0.4, -0.2) is 50.0 Å². The van der Waals surface area contributed by atoms with Crippen LogP contribution in [0.3, 0.4) is 0 Å². The van der Waals surface area contributed by atoms with Crippen molar-refractivity contribution < 1.29 is 18.0 Å². The van der Waals surface area contributed by atoms with Gasteiger partial charge in [-0.05, 0) is 69.5 Å². The van der Waals surface area contributed by atoms with Crippen molar-refractivity contribution in [1.82, 2.24) is 10.2 Å². The van der Waals surface area contributed by atoms with E-state index in [-0.39, 0.29) is 43.8 Å². The molecule has 0 aromatic heterocycles. The Morgan fingerprint density at radius 3 is 2.40 bits per heavy atom. The van der Waals surface area contributed by atoms with Crippen LogP contribution in [0.4, 0.5) is 5.69 Å². The smallest absolute Gasteiger partial charge is 0.242 e.